The highest BCUT2D eigenvalue weighted by Crippen LogP contribution is 2.18. The first-order chi connectivity index (χ1) is 6.02. The molecule has 0 atom stereocenters. The Morgan fingerprint density at radius 2 is 2.23 bits per heavy atom. The van der Waals surface area contributed by atoms with Crippen molar-refractivity contribution in [2.24, 2.45) is 0 Å². The van der Waals surface area contributed by atoms with Gasteiger partial charge in [-0.3, -0.25) is 0 Å². The van der Waals surface area contributed by atoms with E-state index in [1.165, 1.54) is 6.20 Å². The van der Waals surface area contributed by atoms with Crippen molar-refractivity contribution in [2.45, 2.75) is 0 Å². The second-order valence-corrected chi connectivity index (χ2v) is 3.89. The van der Waals surface area contributed by atoms with Crippen molar-refractivity contribution >= 4 is 34.4 Å². The summed E-state index contributed by atoms with van der Waals surface area (Å²) in [6.45, 7) is 0. The van der Waals surface area contributed by atoms with Gasteiger partial charge in [0.25, 0.3) is 0 Å². The summed E-state index contributed by atoms with van der Waals surface area (Å²) in [5.41, 5.74) is 0.218. The molecule has 1 rings (SSSR count). The van der Waals surface area contributed by atoms with Crippen LogP contribution in [0.25, 0.3) is 0 Å². The predicted molar refractivity (Wildman–Crippen MR) is 58.2 cm³/mol. The molecular weight excluding hydrogens is 283 g/mol. The van der Waals surface area contributed by atoms with Crippen LogP contribution in [-0.4, -0.2) is 30.2 Å². The normalized spacial score (nSPS) is 9.77. The van der Waals surface area contributed by atoms with E-state index in [1.807, 2.05) is 19.0 Å². The first kappa shape index (κ1) is 10.2. The molecule has 5 heteroatoms. The summed E-state index contributed by atoms with van der Waals surface area (Å²) in [7, 11) is 3.73. The van der Waals surface area contributed by atoms with Gasteiger partial charge in [-0.1, -0.05) is 0 Å². The molecular formula is C8H9IN2O2. The van der Waals surface area contributed by atoms with E-state index in [4.69, 9.17) is 5.11 Å². The number of hydrogen-bond donors (Lipinski definition) is 1. The van der Waals surface area contributed by atoms with Gasteiger partial charge in [0.2, 0.25) is 0 Å². The minimum atomic E-state index is -0.948. The lowest BCUT2D eigenvalue weighted by Crippen LogP contribution is -2.13. The van der Waals surface area contributed by atoms with Gasteiger partial charge in [-0.25, -0.2) is 9.78 Å². The van der Waals surface area contributed by atoms with Crippen LogP contribution in [0.2, 0.25) is 0 Å². The molecule has 0 aromatic carbocycles. The SMILES string of the molecule is CN(C)c1ncc(C(=O)O)cc1I. The van der Waals surface area contributed by atoms with Crippen LogP contribution in [0.15, 0.2) is 12.3 Å². The molecule has 0 saturated carbocycles. The van der Waals surface area contributed by atoms with Crippen molar-refractivity contribution in [1.82, 2.24) is 4.98 Å². The molecule has 0 radical (unpaired) electrons. The van der Waals surface area contributed by atoms with Gasteiger partial charge in [-0.15, -0.1) is 0 Å². The van der Waals surface area contributed by atoms with Crippen LogP contribution in [0.5, 0.6) is 0 Å². The average molecular weight is 292 g/mol. The fourth-order valence-electron chi connectivity index (χ4n) is 0.877. The lowest BCUT2D eigenvalue weighted by Gasteiger charge is -2.12. The number of carboxylic acids is 1. The van der Waals surface area contributed by atoms with Crippen molar-refractivity contribution in [3.63, 3.8) is 0 Å². The van der Waals surface area contributed by atoms with Crippen LogP contribution in [0, 0.1) is 3.57 Å². The van der Waals surface area contributed by atoms with Gasteiger partial charge in [-0.2, -0.15) is 0 Å². The Labute approximate surface area is 89.7 Å². The van der Waals surface area contributed by atoms with E-state index in [9.17, 15) is 4.79 Å². The maximum atomic E-state index is 10.6. The standard InChI is InChI=1S/C8H9IN2O2/c1-11(2)7-6(9)3-5(4-10-7)8(12)13/h3-4H,1-2H3,(H,12,13). The fraction of sp³-hybridized carbons (Fsp3) is 0.250. The number of aromatic carboxylic acids is 1. The van der Waals surface area contributed by atoms with Gasteiger partial charge in [0.15, 0.2) is 0 Å². The summed E-state index contributed by atoms with van der Waals surface area (Å²) in [5.74, 6) is -0.165. The molecule has 13 heavy (non-hydrogen) atoms. The predicted octanol–water partition coefficient (Wildman–Crippen LogP) is 1.45. The molecule has 0 fully saturated rings. The summed E-state index contributed by atoms with van der Waals surface area (Å²) >= 11 is 2.07. The van der Waals surface area contributed by atoms with E-state index in [2.05, 4.69) is 27.6 Å². The van der Waals surface area contributed by atoms with E-state index in [0.717, 1.165) is 9.39 Å². The zero-order valence-corrected chi connectivity index (χ0v) is 9.44. The molecule has 1 heterocycles. The van der Waals surface area contributed by atoms with Crippen LogP contribution in [0.4, 0.5) is 5.82 Å². The third kappa shape index (κ3) is 2.30. The highest BCUT2D eigenvalue weighted by molar-refractivity contribution is 14.1. The maximum absolute atomic E-state index is 10.6. The number of nitrogens with zero attached hydrogens (tertiary/aromatic N) is 2. The molecule has 0 aliphatic rings. The first-order valence-corrected chi connectivity index (χ1v) is 4.66. The Morgan fingerprint density at radius 1 is 1.62 bits per heavy atom. The number of carbonyl (C=O) groups is 1. The molecule has 0 amide bonds. The summed E-state index contributed by atoms with van der Waals surface area (Å²) in [4.78, 5) is 16.5. The van der Waals surface area contributed by atoms with E-state index >= 15 is 0 Å². The quantitative estimate of drug-likeness (QED) is 0.838. The second-order valence-electron chi connectivity index (χ2n) is 2.73. The number of anilines is 1. The molecule has 4 nitrogen and oxygen atoms in total. The van der Waals surface area contributed by atoms with E-state index < -0.39 is 5.97 Å². The van der Waals surface area contributed by atoms with E-state index in [-0.39, 0.29) is 5.56 Å². The van der Waals surface area contributed by atoms with Gasteiger partial charge >= 0.3 is 5.97 Å². The third-order valence-corrected chi connectivity index (χ3v) is 2.29. The molecule has 0 aliphatic heterocycles. The Kier molecular flexibility index (Phi) is 3.07. The zero-order chi connectivity index (χ0) is 10.0. The topological polar surface area (TPSA) is 53.4 Å². The molecule has 0 aliphatic carbocycles. The summed E-state index contributed by atoms with van der Waals surface area (Å²) < 4.78 is 0.836. The van der Waals surface area contributed by atoms with Crippen LogP contribution >= 0.6 is 22.6 Å². The summed E-state index contributed by atoms with van der Waals surface area (Å²) in [6, 6.07) is 1.60. The lowest BCUT2D eigenvalue weighted by molar-refractivity contribution is 0.0696. The number of pyridine rings is 1. The largest absolute Gasteiger partial charge is 0.478 e. The molecule has 0 saturated heterocycles. The van der Waals surface area contributed by atoms with Crippen LogP contribution < -0.4 is 4.90 Å². The minimum absolute atomic E-state index is 0.218. The van der Waals surface area contributed by atoms with Crippen LogP contribution in [0.3, 0.4) is 0 Å². The Morgan fingerprint density at radius 3 is 2.62 bits per heavy atom. The molecule has 0 unspecified atom stereocenters. The van der Waals surface area contributed by atoms with Crippen molar-refractivity contribution in [3.8, 4) is 0 Å². The van der Waals surface area contributed by atoms with Gasteiger partial charge in [0.05, 0.1) is 9.13 Å². The van der Waals surface area contributed by atoms with E-state index in [0.29, 0.717) is 0 Å². The van der Waals surface area contributed by atoms with Crippen molar-refractivity contribution in [3.05, 3.63) is 21.4 Å². The number of rotatable bonds is 2. The number of halogens is 1. The van der Waals surface area contributed by atoms with Gasteiger partial charge in [0, 0.05) is 20.3 Å². The monoisotopic (exact) mass is 292 g/mol. The fourth-order valence-corrected chi connectivity index (χ4v) is 1.83. The number of hydrogen-bond acceptors (Lipinski definition) is 3. The summed E-state index contributed by atoms with van der Waals surface area (Å²) in [6.07, 6.45) is 1.36. The van der Waals surface area contributed by atoms with Gasteiger partial charge in [-0.05, 0) is 28.7 Å². The second kappa shape index (κ2) is 3.91. The minimum Gasteiger partial charge on any atom is -0.478 e. The van der Waals surface area contributed by atoms with Gasteiger partial charge < -0.3 is 10.0 Å². The van der Waals surface area contributed by atoms with Crippen molar-refractivity contribution in [2.75, 3.05) is 19.0 Å². The highest BCUT2D eigenvalue weighted by Gasteiger charge is 2.08. The third-order valence-electron chi connectivity index (χ3n) is 1.49. The molecule has 1 N–H and O–H groups in total. The van der Waals surface area contributed by atoms with Gasteiger partial charge in [0.1, 0.15) is 5.82 Å². The Balaban J connectivity index is 3.13. The Bertz CT molecular complexity index is 339. The van der Waals surface area contributed by atoms with Crippen molar-refractivity contribution < 1.29 is 9.90 Å². The summed E-state index contributed by atoms with van der Waals surface area (Å²) in [5, 5.41) is 8.68. The lowest BCUT2D eigenvalue weighted by atomic mass is 10.3. The molecule has 0 bridgehead atoms. The number of aromatic nitrogens is 1. The van der Waals surface area contributed by atoms with E-state index in [1.54, 1.807) is 6.07 Å². The highest BCUT2D eigenvalue weighted by atomic mass is 127. The van der Waals surface area contributed by atoms with Crippen molar-refractivity contribution in [1.29, 1.82) is 0 Å². The number of carboxylic acid groups (broad SMARTS) is 1. The maximum Gasteiger partial charge on any atom is 0.337 e. The first-order valence-electron chi connectivity index (χ1n) is 3.58. The molecule has 1 aromatic rings. The Hall–Kier alpha value is -0.850. The smallest absolute Gasteiger partial charge is 0.337 e. The molecule has 1 aromatic heterocycles. The molecule has 70 valence electrons. The van der Waals surface area contributed by atoms with Crippen LogP contribution in [-0.2, 0) is 0 Å². The molecule has 0 spiro atoms. The average Bonchev–Trinajstić information content (AvgIpc) is 2.03. The van der Waals surface area contributed by atoms with Crippen LogP contribution in [0.1, 0.15) is 10.4 Å². The zero-order valence-electron chi connectivity index (χ0n) is 7.28.